The predicted octanol–water partition coefficient (Wildman–Crippen LogP) is 2.50. The number of carbonyl (C=O) groups is 5. The largest absolute Gasteiger partial charge is 0.465 e. The van der Waals surface area contributed by atoms with Crippen LogP contribution in [0.1, 0.15) is 43.7 Å². The van der Waals surface area contributed by atoms with Crippen LogP contribution in [0, 0.1) is 0 Å². The molecule has 3 rings (SSSR count). The SMILES string of the molecule is CCOC(=O)CNC(=O)[C@H](CSC(=O)OCC1c2ccccc2-c2ccccc21)NC(=O)CC[C@H](N)C(=O)OCC. The smallest absolute Gasteiger partial charge is 0.367 e. The number of rotatable bonds is 14. The van der Waals surface area contributed by atoms with Gasteiger partial charge in [-0.25, -0.2) is 4.79 Å². The molecule has 0 aliphatic heterocycles. The second-order valence-corrected chi connectivity index (χ2v) is 10.1. The second-order valence-electron chi connectivity index (χ2n) is 9.14. The van der Waals surface area contributed by atoms with Crippen molar-refractivity contribution in [2.75, 3.05) is 32.1 Å². The van der Waals surface area contributed by atoms with Gasteiger partial charge < -0.3 is 30.6 Å². The molecule has 1 aliphatic rings. The van der Waals surface area contributed by atoms with Gasteiger partial charge in [-0.1, -0.05) is 48.5 Å². The van der Waals surface area contributed by atoms with Crippen molar-refractivity contribution in [1.82, 2.24) is 10.6 Å². The van der Waals surface area contributed by atoms with Gasteiger partial charge in [-0.15, -0.1) is 0 Å². The van der Waals surface area contributed by atoms with E-state index >= 15 is 0 Å². The molecular weight excluding hydrogens is 550 g/mol. The Morgan fingerprint density at radius 3 is 2.12 bits per heavy atom. The topological polar surface area (TPSA) is 163 Å². The second kappa shape index (κ2) is 15.8. The number of nitrogens with one attached hydrogen (secondary N) is 2. The third kappa shape index (κ3) is 9.05. The first kappa shape index (κ1) is 31.6. The zero-order valence-electron chi connectivity index (χ0n) is 23.1. The van der Waals surface area contributed by atoms with E-state index in [0.29, 0.717) is 0 Å². The molecule has 0 saturated carbocycles. The Balaban J connectivity index is 1.57. The van der Waals surface area contributed by atoms with Gasteiger partial charge in [0.2, 0.25) is 11.8 Å². The van der Waals surface area contributed by atoms with Gasteiger partial charge in [-0.3, -0.25) is 19.2 Å². The maximum Gasteiger partial charge on any atom is 0.367 e. The van der Waals surface area contributed by atoms with E-state index in [1.165, 1.54) is 0 Å². The fourth-order valence-corrected chi connectivity index (χ4v) is 5.07. The highest BCUT2D eigenvalue weighted by Crippen LogP contribution is 2.44. The van der Waals surface area contributed by atoms with Crippen molar-refractivity contribution >= 4 is 40.8 Å². The van der Waals surface area contributed by atoms with Crippen LogP contribution in [0.5, 0.6) is 0 Å². The summed E-state index contributed by atoms with van der Waals surface area (Å²) in [5, 5.41) is 4.32. The Morgan fingerprint density at radius 1 is 0.902 bits per heavy atom. The van der Waals surface area contributed by atoms with Crippen molar-refractivity contribution in [2.24, 2.45) is 5.73 Å². The zero-order valence-corrected chi connectivity index (χ0v) is 23.9. The average molecular weight is 586 g/mol. The number of amides is 2. The Morgan fingerprint density at radius 2 is 1.51 bits per heavy atom. The first-order valence-corrected chi connectivity index (χ1v) is 14.4. The van der Waals surface area contributed by atoms with Crippen LogP contribution in [0.4, 0.5) is 4.79 Å². The summed E-state index contributed by atoms with van der Waals surface area (Å²) in [5.41, 5.74) is 10.1. The molecule has 2 atom stereocenters. The molecule has 0 radical (unpaired) electrons. The third-order valence-corrected chi connectivity index (χ3v) is 7.19. The molecule has 2 aromatic carbocycles. The van der Waals surface area contributed by atoms with Gasteiger partial charge in [-0.2, -0.15) is 0 Å². The molecule has 4 N–H and O–H groups in total. The van der Waals surface area contributed by atoms with E-state index in [4.69, 9.17) is 19.9 Å². The van der Waals surface area contributed by atoms with Gasteiger partial charge >= 0.3 is 17.2 Å². The molecule has 0 spiro atoms. The van der Waals surface area contributed by atoms with Crippen molar-refractivity contribution in [3.05, 3.63) is 59.7 Å². The van der Waals surface area contributed by atoms with E-state index in [1.54, 1.807) is 13.8 Å². The highest BCUT2D eigenvalue weighted by atomic mass is 32.2. The van der Waals surface area contributed by atoms with Crippen molar-refractivity contribution in [3.8, 4) is 11.1 Å². The number of nitrogens with two attached hydrogens (primary N) is 1. The standard InChI is InChI=1S/C29H35N3O8S/c1-3-38-26(34)15-31-27(35)24(32-25(33)14-13-23(30)28(36)39-4-2)17-41-29(37)40-16-22-20-11-7-5-9-18(20)19-10-6-8-12-21(19)22/h5-12,22-24H,3-4,13-17,30H2,1-2H3,(H,31,35)(H,32,33)/t23-,24-/m0/s1. The van der Waals surface area contributed by atoms with Gasteiger partial charge in [0.25, 0.3) is 0 Å². The summed E-state index contributed by atoms with van der Waals surface area (Å²) in [6.45, 7) is 3.29. The van der Waals surface area contributed by atoms with Crippen LogP contribution >= 0.6 is 11.8 Å². The summed E-state index contributed by atoms with van der Waals surface area (Å²) in [5.74, 6) is -2.79. The number of carbonyl (C=O) groups excluding carboxylic acids is 5. The van der Waals surface area contributed by atoms with Crippen LogP contribution in [-0.4, -0.2) is 73.3 Å². The zero-order chi connectivity index (χ0) is 29.8. The summed E-state index contributed by atoms with van der Waals surface area (Å²) in [4.78, 5) is 61.4. The molecule has 2 amide bonds. The predicted molar refractivity (Wildman–Crippen MR) is 153 cm³/mol. The highest BCUT2D eigenvalue weighted by molar-refractivity contribution is 8.13. The van der Waals surface area contributed by atoms with E-state index in [1.807, 2.05) is 48.5 Å². The van der Waals surface area contributed by atoms with E-state index in [0.717, 1.165) is 34.0 Å². The fraction of sp³-hybridized carbons (Fsp3) is 0.414. The Labute approximate surface area is 242 Å². The molecule has 220 valence electrons. The van der Waals surface area contributed by atoms with Crippen molar-refractivity contribution < 1.29 is 38.2 Å². The monoisotopic (exact) mass is 585 g/mol. The number of fused-ring (bicyclic) bond motifs is 3. The van der Waals surface area contributed by atoms with E-state index < -0.39 is 47.7 Å². The van der Waals surface area contributed by atoms with E-state index in [2.05, 4.69) is 10.6 Å². The van der Waals surface area contributed by atoms with E-state index in [9.17, 15) is 24.0 Å². The van der Waals surface area contributed by atoms with Gasteiger partial charge in [0.15, 0.2) is 0 Å². The van der Waals surface area contributed by atoms with Crippen LogP contribution in [-0.2, 0) is 33.4 Å². The van der Waals surface area contributed by atoms with Gasteiger partial charge in [0.05, 0.1) is 13.2 Å². The minimum atomic E-state index is -1.17. The lowest BCUT2D eigenvalue weighted by atomic mass is 9.98. The maximum atomic E-state index is 12.8. The molecule has 0 bridgehead atoms. The average Bonchev–Trinajstić information content (AvgIpc) is 3.29. The number of hydrogen-bond donors (Lipinski definition) is 3. The minimum absolute atomic E-state index is 0.00134. The van der Waals surface area contributed by atoms with Crippen LogP contribution < -0.4 is 16.4 Å². The lowest BCUT2D eigenvalue weighted by Crippen LogP contribution is -2.49. The van der Waals surface area contributed by atoms with Crippen LogP contribution in [0.15, 0.2) is 48.5 Å². The van der Waals surface area contributed by atoms with Crippen LogP contribution in [0.25, 0.3) is 11.1 Å². The molecule has 0 fully saturated rings. The minimum Gasteiger partial charge on any atom is -0.465 e. The van der Waals surface area contributed by atoms with E-state index in [-0.39, 0.29) is 44.3 Å². The van der Waals surface area contributed by atoms with Crippen LogP contribution in [0.2, 0.25) is 0 Å². The first-order valence-electron chi connectivity index (χ1n) is 13.4. The Hall–Kier alpha value is -3.90. The summed E-state index contributed by atoms with van der Waals surface area (Å²) >= 11 is 0.730. The number of esters is 2. The molecule has 11 nitrogen and oxygen atoms in total. The molecule has 0 aromatic heterocycles. The molecule has 0 heterocycles. The first-order chi connectivity index (χ1) is 19.7. The molecule has 0 unspecified atom stereocenters. The molecule has 1 aliphatic carbocycles. The lowest BCUT2D eigenvalue weighted by Gasteiger charge is -2.19. The number of benzene rings is 2. The molecular formula is C29H35N3O8S. The highest BCUT2D eigenvalue weighted by Gasteiger charge is 2.30. The lowest BCUT2D eigenvalue weighted by molar-refractivity contribution is -0.145. The van der Waals surface area contributed by atoms with Gasteiger partial charge in [0, 0.05) is 18.1 Å². The summed E-state index contributed by atoms with van der Waals surface area (Å²) in [6, 6.07) is 13.7. The molecule has 0 saturated heterocycles. The summed E-state index contributed by atoms with van der Waals surface area (Å²) in [7, 11) is 0. The summed E-state index contributed by atoms with van der Waals surface area (Å²) < 4.78 is 15.2. The number of thioether (sulfide) groups is 1. The Kier molecular flexibility index (Phi) is 12.2. The molecule has 2 aromatic rings. The van der Waals surface area contributed by atoms with Crippen molar-refractivity contribution in [1.29, 1.82) is 0 Å². The fourth-order valence-electron chi connectivity index (χ4n) is 4.38. The molecule has 41 heavy (non-hydrogen) atoms. The summed E-state index contributed by atoms with van der Waals surface area (Å²) in [6.07, 6.45) is -0.154. The van der Waals surface area contributed by atoms with Crippen molar-refractivity contribution in [2.45, 2.75) is 44.7 Å². The third-order valence-electron chi connectivity index (χ3n) is 6.33. The number of ether oxygens (including phenoxy) is 3. The normalized spacial score (nSPS) is 13.2. The van der Waals surface area contributed by atoms with Crippen LogP contribution in [0.3, 0.4) is 0 Å². The van der Waals surface area contributed by atoms with Gasteiger partial charge in [-0.05, 0) is 54.3 Å². The van der Waals surface area contributed by atoms with Gasteiger partial charge in [0.1, 0.15) is 25.2 Å². The quantitative estimate of drug-likeness (QED) is 0.222. The molecule has 12 heteroatoms. The number of hydrogen-bond acceptors (Lipinski definition) is 10. The van der Waals surface area contributed by atoms with Crippen molar-refractivity contribution in [3.63, 3.8) is 0 Å². The maximum absolute atomic E-state index is 12.8. The Bertz CT molecular complexity index is 1210.